The molecule has 0 aliphatic heterocycles. The molecule has 0 heterocycles. The molecular formula is C18H13F2NO3S. The van der Waals surface area contributed by atoms with Crippen molar-refractivity contribution >= 4 is 15.7 Å². The molecule has 0 saturated carbocycles. The summed E-state index contributed by atoms with van der Waals surface area (Å²) in [4.78, 5) is -0.0726. The van der Waals surface area contributed by atoms with Crippen LogP contribution in [0.3, 0.4) is 0 Å². The van der Waals surface area contributed by atoms with Gasteiger partial charge in [0.2, 0.25) is 0 Å². The summed E-state index contributed by atoms with van der Waals surface area (Å²) in [6.45, 7) is 0. The minimum Gasteiger partial charge on any atom is -0.457 e. The lowest BCUT2D eigenvalue weighted by atomic mass is 10.3. The van der Waals surface area contributed by atoms with Crippen molar-refractivity contribution in [2.75, 3.05) is 4.72 Å². The summed E-state index contributed by atoms with van der Waals surface area (Å²) in [5.41, 5.74) is -0.328. The molecule has 0 unspecified atom stereocenters. The van der Waals surface area contributed by atoms with Crippen LogP contribution in [0.4, 0.5) is 14.5 Å². The highest BCUT2D eigenvalue weighted by Crippen LogP contribution is 2.24. The number of hydrogen-bond acceptors (Lipinski definition) is 3. The predicted molar refractivity (Wildman–Crippen MR) is 90.1 cm³/mol. The molecule has 0 aliphatic rings. The molecule has 0 spiro atoms. The van der Waals surface area contributed by atoms with Crippen molar-refractivity contribution in [2.45, 2.75) is 4.90 Å². The molecule has 25 heavy (non-hydrogen) atoms. The van der Waals surface area contributed by atoms with Crippen LogP contribution in [0.15, 0.2) is 77.7 Å². The topological polar surface area (TPSA) is 55.4 Å². The normalized spacial score (nSPS) is 11.1. The van der Waals surface area contributed by atoms with Crippen LogP contribution in [0.5, 0.6) is 11.5 Å². The van der Waals surface area contributed by atoms with E-state index in [0.29, 0.717) is 17.6 Å². The summed E-state index contributed by atoms with van der Waals surface area (Å²) in [6.07, 6.45) is 0. The Bertz CT molecular complexity index is 975. The molecule has 0 radical (unpaired) electrons. The molecule has 3 aromatic carbocycles. The van der Waals surface area contributed by atoms with Gasteiger partial charge in [0.1, 0.15) is 23.1 Å². The van der Waals surface area contributed by atoms with Crippen molar-refractivity contribution < 1.29 is 21.9 Å². The van der Waals surface area contributed by atoms with Gasteiger partial charge >= 0.3 is 0 Å². The Morgan fingerprint density at radius 2 is 1.44 bits per heavy atom. The Morgan fingerprint density at radius 1 is 0.800 bits per heavy atom. The second-order valence-corrected chi connectivity index (χ2v) is 6.80. The molecule has 0 aliphatic carbocycles. The van der Waals surface area contributed by atoms with Gasteiger partial charge in [-0.25, -0.2) is 17.2 Å². The van der Waals surface area contributed by atoms with Crippen LogP contribution >= 0.6 is 0 Å². The van der Waals surface area contributed by atoms with Crippen LogP contribution < -0.4 is 9.46 Å². The SMILES string of the molecule is O=S(=O)(Nc1ccc(F)cc1F)c1ccc(Oc2ccccc2)cc1. The Hall–Kier alpha value is -2.93. The average molecular weight is 361 g/mol. The van der Waals surface area contributed by atoms with E-state index in [2.05, 4.69) is 4.72 Å². The van der Waals surface area contributed by atoms with Gasteiger partial charge in [0, 0.05) is 6.07 Å². The number of anilines is 1. The Balaban J connectivity index is 1.78. The molecule has 1 N–H and O–H groups in total. The molecule has 0 amide bonds. The van der Waals surface area contributed by atoms with Gasteiger partial charge in [0.25, 0.3) is 10.0 Å². The number of ether oxygens (including phenoxy) is 1. The molecule has 0 aromatic heterocycles. The van der Waals surface area contributed by atoms with Crippen LogP contribution in [0.1, 0.15) is 0 Å². The van der Waals surface area contributed by atoms with Gasteiger partial charge in [-0.3, -0.25) is 4.72 Å². The van der Waals surface area contributed by atoms with Gasteiger partial charge in [0.05, 0.1) is 10.6 Å². The molecule has 128 valence electrons. The number of rotatable bonds is 5. The zero-order valence-electron chi connectivity index (χ0n) is 12.8. The quantitative estimate of drug-likeness (QED) is 0.725. The van der Waals surface area contributed by atoms with E-state index in [1.54, 1.807) is 12.1 Å². The molecule has 0 saturated heterocycles. The van der Waals surface area contributed by atoms with E-state index in [-0.39, 0.29) is 10.6 Å². The Kier molecular flexibility index (Phi) is 4.67. The summed E-state index contributed by atoms with van der Waals surface area (Å²) >= 11 is 0. The molecule has 0 atom stereocenters. The van der Waals surface area contributed by atoms with E-state index in [1.165, 1.54) is 24.3 Å². The van der Waals surface area contributed by atoms with Crippen molar-refractivity contribution in [1.29, 1.82) is 0 Å². The van der Waals surface area contributed by atoms with E-state index in [0.717, 1.165) is 12.1 Å². The van der Waals surface area contributed by atoms with Gasteiger partial charge in [-0.15, -0.1) is 0 Å². The molecule has 4 nitrogen and oxygen atoms in total. The highest BCUT2D eigenvalue weighted by Gasteiger charge is 2.16. The molecule has 3 aromatic rings. The average Bonchev–Trinajstić information content (AvgIpc) is 2.59. The minimum atomic E-state index is -4.01. The highest BCUT2D eigenvalue weighted by molar-refractivity contribution is 7.92. The third kappa shape index (κ3) is 4.13. The number of benzene rings is 3. The highest BCUT2D eigenvalue weighted by atomic mass is 32.2. The second-order valence-electron chi connectivity index (χ2n) is 5.12. The van der Waals surface area contributed by atoms with Gasteiger partial charge in [0.15, 0.2) is 0 Å². The van der Waals surface area contributed by atoms with Crippen molar-refractivity contribution in [3.05, 3.63) is 84.4 Å². The fraction of sp³-hybridized carbons (Fsp3) is 0. The number of halogens is 2. The van der Waals surface area contributed by atoms with Crippen molar-refractivity contribution in [2.24, 2.45) is 0 Å². The summed E-state index contributed by atoms with van der Waals surface area (Å²) < 4.78 is 58.8. The first-order valence-corrected chi connectivity index (χ1v) is 8.73. The van der Waals surface area contributed by atoms with Crippen LogP contribution in [-0.2, 0) is 10.0 Å². The number of hydrogen-bond donors (Lipinski definition) is 1. The summed E-state index contributed by atoms with van der Waals surface area (Å²) in [5, 5.41) is 0. The second kappa shape index (κ2) is 6.90. The van der Waals surface area contributed by atoms with Crippen LogP contribution in [0, 0.1) is 11.6 Å². The van der Waals surface area contributed by atoms with Gasteiger partial charge in [-0.2, -0.15) is 0 Å². The third-order valence-corrected chi connectivity index (χ3v) is 4.67. The number of para-hydroxylation sites is 1. The van der Waals surface area contributed by atoms with Crippen LogP contribution in [0.25, 0.3) is 0 Å². The summed E-state index contributed by atoms with van der Waals surface area (Å²) in [7, 11) is -4.01. The maximum Gasteiger partial charge on any atom is 0.261 e. The Labute approximate surface area is 143 Å². The molecule has 3 rings (SSSR count). The minimum absolute atomic E-state index is 0.0726. The van der Waals surface area contributed by atoms with Crippen molar-refractivity contribution in [3.63, 3.8) is 0 Å². The van der Waals surface area contributed by atoms with Crippen LogP contribution in [0.2, 0.25) is 0 Å². The van der Waals surface area contributed by atoms with Crippen molar-refractivity contribution in [1.82, 2.24) is 0 Å². The lowest BCUT2D eigenvalue weighted by molar-refractivity contribution is 0.482. The molecule has 0 fully saturated rings. The molecule has 0 bridgehead atoms. The lowest BCUT2D eigenvalue weighted by Gasteiger charge is -2.10. The van der Waals surface area contributed by atoms with E-state index in [4.69, 9.17) is 4.74 Å². The van der Waals surface area contributed by atoms with E-state index < -0.39 is 21.7 Å². The predicted octanol–water partition coefficient (Wildman–Crippen LogP) is 4.56. The first-order valence-electron chi connectivity index (χ1n) is 7.25. The zero-order valence-corrected chi connectivity index (χ0v) is 13.6. The zero-order chi connectivity index (χ0) is 17.9. The van der Waals surface area contributed by atoms with E-state index in [9.17, 15) is 17.2 Å². The number of nitrogens with one attached hydrogen (secondary N) is 1. The Morgan fingerprint density at radius 3 is 2.08 bits per heavy atom. The third-order valence-electron chi connectivity index (χ3n) is 3.29. The largest absolute Gasteiger partial charge is 0.457 e. The lowest BCUT2D eigenvalue weighted by Crippen LogP contribution is -2.14. The molecule has 7 heteroatoms. The van der Waals surface area contributed by atoms with Gasteiger partial charge in [-0.1, -0.05) is 18.2 Å². The van der Waals surface area contributed by atoms with E-state index >= 15 is 0 Å². The van der Waals surface area contributed by atoms with Gasteiger partial charge in [-0.05, 0) is 48.5 Å². The first kappa shape index (κ1) is 16.9. The molecular weight excluding hydrogens is 348 g/mol. The standard InChI is InChI=1S/C18H13F2NO3S/c19-13-6-11-18(17(20)12-13)21-25(22,23)16-9-7-15(8-10-16)24-14-4-2-1-3-5-14/h1-12,21H. The monoisotopic (exact) mass is 361 g/mol. The summed E-state index contributed by atoms with van der Waals surface area (Å²) in [5.74, 6) is -0.710. The van der Waals surface area contributed by atoms with Crippen molar-refractivity contribution in [3.8, 4) is 11.5 Å². The fourth-order valence-corrected chi connectivity index (χ4v) is 3.15. The summed E-state index contributed by atoms with van der Waals surface area (Å²) in [6, 6.07) is 17.3. The maximum atomic E-state index is 13.6. The maximum absolute atomic E-state index is 13.6. The fourth-order valence-electron chi connectivity index (χ4n) is 2.09. The smallest absolute Gasteiger partial charge is 0.261 e. The number of sulfonamides is 1. The first-order chi connectivity index (χ1) is 11.9. The van der Waals surface area contributed by atoms with Gasteiger partial charge < -0.3 is 4.74 Å². The van der Waals surface area contributed by atoms with E-state index in [1.807, 2.05) is 18.2 Å². The van der Waals surface area contributed by atoms with Crippen LogP contribution in [-0.4, -0.2) is 8.42 Å².